The molecular weight excluding hydrogens is 196 g/mol. The van der Waals surface area contributed by atoms with Gasteiger partial charge in [0.25, 0.3) is 0 Å². The first-order chi connectivity index (χ1) is 7.26. The van der Waals surface area contributed by atoms with Crippen LogP contribution in [0.15, 0.2) is 0 Å². The van der Waals surface area contributed by atoms with E-state index in [9.17, 15) is 4.79 Å². The highest BCUT2D eigenvalue weighted by Crippen LogP contribution is 2.19. The summed E-state index contributed by atoms with van der Waals surface area (Å²) in [4.78, 5) is 16.6. The zero-order valence-electron chi connectivity index (χ0n) is 9.20. The lowest BCUT2D eigenvalue weighted by molar-refractivity contribution is -0.140. The van der Waals surface area contributed by atoms with Crippen molar-refractivity contribution in [1.82, 2.24) is 5.48 Å². The van der Waals surface area contributed by atoms with Crippen LogP contribution in [0.25, 0.3) is 0 Å². The van der Waals surface area contributed by atoms with Crippen molar-refractivity contribution < 1.29 is 14.4 Å². The SMILES string of the molecule is COC(CN)CC(=O)NOC1CCCC1. The van der Waals surface area contributed by atoms with Crippen molar-refractivity contribution in [3.63, 3.8) is 0 Å². The fourth-order valence-electron chi connectivity index (χ4n) is 1.67. The number of hydrogen-bond acceptors (Lipinski definition) is 4. The van der Waals surface area contributed by atoms with Gasteiger partial charge < -0.3 is 10.5 Å². The molecule has 0 aromatic rings. The van der Waals surface area contributed by atoms with Gasteiger partial charge in [0.2, 0.25) is 5.91 Å². The van der Waals surface area contributed by atoms with Crippen LogP contribution in [0.5, 0.6) is 0 Å². The van der Waals surface area contributed by atoms with E-state index in [-0.39, 0.29) is 24.5 Å². The van der Waals surface area contributed by atoms with Gasteiger partial charge in [-0.2, -0.15) is 0 Å². The van der Waals surface area contributed by atoms with Crippen LogP contribution in [0.2, 0.25) is 0 Å². The number of hydrogen-bond donors (Lipinski definition) is 2. The monoisotopic (exact) mass is 216 g/mol. The van der Waals surface area contributed by atoms with Gasteiger partial charge in [0.05, 0.1) is 18.6 Å². The Balaban J connectivity index is 2.11. The average Bonchev–Trinajstić information content (AvgIpc) is 2.75. The molecule has 3 N–H and O–H groups in total. The first kappa shape index (κ1) is 12.4. The molecule has 15 heavy (non-hydrogen) atoms. The van der Waals surface area contributed by atoms with E-state index in [1.165, 1.54) is 12.8 Å². The molecule has 88 valence electrons. The van der Waals surface area contributed by atoms with E-state index in [2.05, 4.69) is 5.48 Å². The summed E-state index contributed by atoms with van der Waals surface area (Å²) in [5.41, 5.74) is 7.85. The molecule has 1 aliphatic rings. The third-order valence-electron chi connectivity index (χ3n) is 2.65. The molecule has 0 radical (unpaired) electrons. The zero-order valence-corrected chi connectivity index (χ0v) is 9.20. The molecule has 1 amide bonds. The van der Waals surface area contributed by atoms with E-state index in [1.54, 1.807) is 7.11 Å². The van der Waals surface area contributed by atoms with E-state index < -0.39 is 0 Å². The Labute approximate surface area is 90.3 Å². The van der Waals surface area contributed by atoms with Crippen LogP contribution < -0.4 is 11.2 Å². The molecule has 1 unspecified atom stereocenters. The Morgan fingerprint density at radius 2 is 2.20 bits per heavy atom. The third kappa shape index (κ3) is 4.59. The van der Waals surface area contributed by atoms with E-state index in [1.807, 2.05) is 0 Å². The van der Waals surface area contributed by atoms with E-state index in [4.69, 9.17) is 15.3 Å². The zero-order chi connectivity index (χ0) is 11.1. The molecule has 0 aromatic heterocycles. The van der Waals surface area contributed by atoms with Gasteiger partial charge in [-0.3, -0.25) is 9.63 Å². The minimum absolute atomic E-state index is 0.167. The van der Waals surface area contributed by atoms with Crippen LogP contribution >= 0.6 is 0 Å². The van der Waals surface area contributed by atoms with Gasteiger partial charge in [0.1, 0.15) is 0 Å². The lowest BCUT2D eigenvalue weighted by Crippen LogP contribution is -2.34. The number of nitrogens with two attached hydrogens (primary N) is 1. The Morgan fingerprint density at radius 1 is 1.53 bits per heavy atom. The molecule has 0 heterocycles. The van der Waals surface area contributed by atoms with Gasteiger partial charge in [-0.25, -0.2) is 5.48 Å². The number of nitrogens with one attached hydrogen (secondary N) is 1. The molecule has 0 aliphatic heterocycles. The molecule has 0 spiro atoms. The maximum atomic E-state index is 11.4. The molecule has 0 bridgehead atoms. The van der Waals surface area contributed by atoms with Crippen LogP contribution in [0.1, 0.15) is 32.1 Å². The Hall–Kier alpha value is -0.650. The standard InChI is InChI=1S/C10H20N2O3/c1-14-9(7-11)6-10(13)12-15-8-4-2-3-5-8/h8-9H,2-7,11H2,1H3,(H,12,13). The van der Waals surface area contributed by atoms with Crippen LogP contribution in [-0.4, -0.2) is 31.8 Å². The molecule has 1 rings (SSSR count). The first-order valence-electron chi connectivity index (χ1n) is 5.43. The van der Waals surface area contributed by atoms with Gasteiger partial charge in [-0.05, 0) is 12.8 Å². The van der Waals surface area contributed by atoms with Crippen LogP contribution in [0, 0.1) is 0 Å². The quantitative estimate of drug-likeness (QED) is 0.628. The summed E-state index contributed by atoms with van der Waals surface area (Å²) in [5, 5.41) is 0. The Kier molecular flexibility index (Phi) is 5.60. The molecular formula is C10H20N2O3. The molecule has 1 fully saturated rings. The van der Waals surface area contributed by atoms with E-state index in [0.29, 0.717) is 6.54 Å². The minimum Gasteiger partial charge on any atom is -0.380 e. The molecule has 1 atom stereocenters. The maximum absolute atomic E-state index is 11.4. The highest BCUT2D eigenvalue weighted by Gasteiger charge is 2.18. The predicted molar refractivity (Wildman–Crippen MR) is 56.0 cm³/mol. The molecule has 5 nitrogen and oxygen atoms in total. The Morgan fingerprint density at radius 3 is 2.73 bits per heavy atom. The van der Waals surface area contributed by atoms with Gasteiger partial charge in [-0.1, -0.05) is 12.8 Å². The molecule has 5 heteroatoms. The fourth-order valence-corrected chi connectivity index (χ4v) is 1.67. The summed E-state index contributed by atoms with van der Waals surface area (Å²) in [6.07, 6.45) is 4.65. The number of ether oxygens (including phenoxy) is 1. The summed E-state index contributed by atoms with van der Waals surface area (Å²) in [6, 6.07) is 0. The van der Waals surface area contributed by atoms with Gasteiger partial charge in [-0.15, -0.1) is 0 Å². The van der Waals surface area contributed by atoms with Crippen LogP contribution in [0.4, 0.5) is 0 Å². The number of hydroxylamine groups is 1. The number of rotatable bonds is 6. The van der Waals surface area contributed by atoms with Crippen molar-refractivity contribution in [2.75, 3.05) is 13.7 Å². The second-order valence-electron chi connectivity index (χ2n) is 3.85. The number of carbonyl (C=O) groups excluding carboxylic acids is 1. The van der Waals surface area contributed by atoms with Gasteiger partial charge >= 0.3 is 0 Å². The van der Waals surface area contributed by atoms with Gasteiger partial charge in [0, 0.05) is 13.7 Å². The normalized spacial score (nSPS) is 19.1. The fraction of sp³-hybridized carbons (Fsp3) is 0.900. The van der Waals surface area contributed by atoms with E-state index >= 15 is 0 Å². The smallest absolute Gasteiger partial charge is 0.246 e. The summed E-state index contributed by atoms with van der Waals surface area (Å²) in [7, 11) is 1.54. The van der Waals surface area contributed by atoms with Crippen LogP contribution in [0.3, 0.4) is 0 Å². The highest BCUT2D eigenvalue weighted by atomic mass is 16.7. The topological polar surface area (TPSA) is 73.6 Å². The van der Waals surface area contributed by atoms with Crippen molar-refractivity contribution >= 4 is 5.91 Å². The number of amides is 1. The lowest BCUT2D eigenvalue weighted by atomic mass is 10.2. The largest absolute Gasteiger partial charge is 0.380 e. The number of carbonyl (C=O) groups is 1. The van der Waals surface area contributed by atoms with Crippen molar-refractivity contribution in [2.24, 2.45) is 5.73 Å². The average molecular weight is 216 g/mol. The lowest BCUT2D eigenvalue weighted by Gasteiger charge is -2.14. The summed E-state index contributed by atoms with van der Waals surface area (Å²) in [5.74, 6) is -0.167. The highest BCUT2D eigenvalue weighted by molar-refractivity contribution is 5.75. The second kappa shape index (κ2) is 6.76. The Bertz CT molecular complexity index is 189. The number of methoxy groups -OCH3 is 1. The summed E-state index contributed by atoms with van der Waals surface area (Å²) in [6.45, 7) is 0.341. The molecule has 1 saturated carbocycles. The molecule has 0 aromatic carbocycles. The first-order valence-corrected chi connectivity index (χ1v) is 5.43. The summed E-state index contributed by atoms with van der Waals surface area (Å²) < 4.78 is 5.00. The van der Waals surface area contributed by atoms with Gasteiger partial charge in [0.15, 0.2) is 0 Å². The van der Waals surface area contributed by atoms with E-state index in [0.717, 1.165) is 12.8 Å². The predicted octanol–water partition coefficient (Wildman–Crippen LogP) is 0.341. The van der Waals surface area contributed by atoms with Crippen molar-refractivity contribution in [3.05, 3.63) is 0 Å². The van der Waals surface area contributed by atoms with Crippen LogP contribution in [-0.2, 0) is 14.4 Å². The molecule has 1 aliphatic carbocycles. The second-order valence-corrected chi connectivity index (χ2v) is 3.85. The minimum atomic E-state index is -0.225. The van der Waals surface area contributed by atoms with Crippen molar-refractivity contribution in [3.8, 4) is 0 Å². The molecule has 0 saturated heterocycles. The maximum Gasteiger partial charge on any atom is 0.246 e. The summed E-state index contributed by atoms with van der Waals surface area (Å²) >= 11 is 0. The van der Waals surface area contributed by atoms with Crippen molar-refractivity contribution in [2.45, 2.75) is 44.3 Å². The third-order valence-corrected chi connectivity index (χ3v) is 2.65. The van der Waals surface area contributed by atoms with Crippen molar-refractivity contribution in [1.29, 1.82) is 0 Å².